The van der Waals surface area contributed by atoms with Gasteiger partial charge < -0.3 is 9.64 Å². The Balaban J connectivity index is 1.78. The summed E-state index contributed by atoms with van der Waals surface area (Å²) in [6, 6.07) is 3.71. The predicted octanol–water partition coefficient (Wildman–Crippen LogP) is 1.15. The molecule has 6 heteroatoms. The minimum Gasteiger partial charge on any atom is -0.368 e. The van der Waals surface area contributed by atoms with E-state index in [4.69, 9.17) is 4.74 Å². The number of aromatic nitrogens is 4. The van der Waals surface area contributed by atoms with Crippen molar-refractivity contribution in [1.82, 2.24) is 19.9 Å². The predicted molar refractivity (Wildman–Crippen MR) is 69.7 cm³/mol. The van der Waals surface area contributed by atoms with Crippen molar-refractivity contribution in [2.24, 2.45) is 0 Å². The average Bonchev–Trinajstić information content (AvgIpc) is 2.48. The summed E-state index contributed by atoms with van der Waals surface area (Å²) in [5.41, 5.74) is 0.910. The second kappa shape index (κ2) is 5.27. The third-order valence-corrected chi connectivity index (χ3v) is 3.03. The van der Waals surface area contributed by atoms with Gasteiger partial charge in [-0.1, -0.05) is 0 Å². The highest BCUT2D eigenvalue weighted by Gasteiger charge is 2.24. The Morgan fingerprint density at radius 3 is 2.84 bits per heavy atom. The lowest BCUT2D eigenvalue weighted by molar-refractivity contribution is 0.0363. The van der Waals surface area contributed by atoms with Crippen LogP contribution in [0, 0.1) is 6.92 Å². The lowest BCUT2D eigenvalue weighted by atomic mass is 10.2. The average molecular weight is 257 g/mol. The molecule has 1 aliphatic rings. The van der Waals surface area contributed by atoms with Crippen molar-refractivity contribution in [2.75, 3.05) is 24.6 Å². The van der Waals surface area contributed by atoms with Crippen molar-refractivity contribution >= 4 is 5.95 Å². The van der Waals surface area contributed by atoms with Crippen LogP contribution in [0.15, 0.2) is 30.7 Å². The van der Waals surface area contributed by atoms with Crippen molar-refractivity contribution in [3.05, 3.63) is 42.2 Å². The van der Waals surface area contributed by atoms with E-state index in [1.807, 2.05) is 19.1 Å². The van der Waals surface area contributed by atoms with E-state index >= 15 is 0 Å². The summed E-state index contributed by atoms with van der Waals surface area (Å²) in [6.07, 6.45) is 5.21. The van der Waals surface area contributed by atoms with Gasteiger partial charge in [-0.15, -0.1) is 0 Å². The zero-order valence-corrected chi connectivity index (χ0v) is 10.7. The molecule has 0 aromatic carbocycles. The Bertz CT molecular complexity index is 548. The summed E-state index contributed by atoms with van der Waals surface area (Å²) in [5.74, 6) is 1.50. The molecular weight excluding hydrogens is 242 g/mol. The summed E-state index contributed by atoms with van der Waals surface area (Å²) in [7, 11) is 0. The van der Waals surface area contributed by atoms with Crippen LogP contribution in [0.25, 0.3) is 0 Å². The monoisotopic (exact) mass is 257 g/mol. The van der Waals surface area contributed by atoms with Gasteiger partial charge in [-0.2, -0.15) is 0 Å². The van der Waals surface area contributed by atoms with Crippen molar-refractivity contribution in [3.8, 4) is 0 Å². The van der Waals surface area contributed by atoms with Gasteiger partial charge in [-0.25, -0.2) is 19.9 Å². The molecule has 19 heavy (non-hydrogen) atoms. The van der Waals surface area contributed by atoms with Crippen molar-refractivity contribution < 1.29 is 4.74 Å². The maximum Gasteiger partial charge on any atom is 0.225 e. The lowest BCUT2D eigenvalue weighted by Crippen LogP contribution is -2.39. The Labute approximate surface area is 111 Å². The van der Waals surface area contributed by atoms with Crippen LogP contribution in [0.3, 0.4) is 0 Å². The van der Waals surface area contributed by atoms with Gasteiger partial charge in [0, 0.05) is 25.1 Å². The zero-order valence-electron chi connectivity index (χ0n) is 10.7. The van der Waals surface area contributed by atoms with Crippen molar-refractivity contribution in [1.29, 1.82) is 0 Å². The molecular formula is C13H15N5O. The van der Waals surface area contributed by atoms with Crippen LogP contribution >= 0.6 is 0 Å². The summed E-state index contributed by atoms with van der Waals surface area (Å²) < 4.78 is 5.78. The van der Waals surface area contributed by atoms with Gasteiger partial charge in [0.05, 0.1) is 18.8 Å². The Hall–Kier alpha value is -2.08. The molecule has 1 aliphatic heterocycles. The Morgan fingerprint density at radius 2 is 2.05 bits per heavy atom. The third kappa shape index (κ3) is 2.68. The van der Waals surface area contributed by atoms with Crippen LogP contribution in [-0.4, -0.2) is 39.6 Å². The maximum atomic E-state index is 5.78. The number of hydrogen-bond acceptors (Lipinski definition) is 6. The number of morpholine rings is 1. The summed E-state index contributed by atoms with van der Waals surface area (Å²) in [6.45, 7) is 4.03. The molecule has 3 heterocycles. The highest BCUT2D eigenvalue weighted by molar-refractivity contribution is 5.30. The zero-order chi connectivity index (χ0) is 13.1. The number of rotatable bonds is 2. The molecule has 0 spiro atoms. The Morgan fingerprint density at radius 1 is 1.21 bits per heavy atom. The minimum absolute atomic E-state index is 0.0562. The SMILES string of the molecule is Cc1nccc([C@H]2CN(c3ncccn3)CCO2)n1. The molecule has 0 amide bonds. The number of ether oxygens (including phenoxy) is 1. The minimum atomic E-state index is -0.0562. The molecule has 2 aromatic rings. The van der Waals surface area contributed by atoms with Gasteiger partial charge in [-0.3, -0.25) is 0 Å². The largest absolute Gasteiger partial charge is 0.368 e. The van der Waals surface area contributed by atoms with Gasteiger partial charge in [0.15, 0.2) is 0 Å². The lowest BCUT2D eigenvalue weighted by Gasteiger charge is -2.32. The van der Waals surface area contributed by atoms with E-state index < -0.39 is 0 Å². The molecule has 6 nitrogen and oxygen atoms in total. The molecule has 3 rings (SSSR count). The molecule has 0 N–H and O–H groups in total. The standard InChI is InChI=1S/C13H15N5O/c1-10-14-6-3-11(17-10)12-9-18(7-8-19-12)13-15-4-2-5-16-13/h2-6,12H,7-9H2,1H3/t12-/m1/s1. The van der Waals surface area contributed by atoms with E-state index in [0.717, 1.165) is 24.0 Å². The van der Waals surface area contributed by atoms with Gasteiger partial charge in [0.1, 0.15) is 11.9 Å². The maximum absolute atomic E-state index is 5.78. The molecule has 0 radical (unpaired) electrons. The van der Waals surface area contributed by atoms with E-state index in [2.05, 4.69) is 24.8 Å². The fourth-order valence-corrected chi connectivity index (χ4v) is 2.12. The van der Waals surface area contributed by atoms with Crippen molar-refractivity contribution in [3.63, 3.8) is 0 Å². The first kappa shape index (κ1) is 12.0. The number of aryl methyl sites for hydroxylation is 1. The molecule has 98 valence electrons. The first-order chi connectivity index (χ1) is 9.33. The van der Waals surface area contributed by atoms with Crippen LogP contribution in [0.1, 0.15) is 17.6 Å². The fraction of sp³-hybridized carbons (Fsp3) is 0.385. The van der Waals surface area contributed by atoms with Gasteiger partial charge in [0.2, 0.25) is 5.95 Å². The van der Waals surface area contributed by atoms with Gasteiger partial charge in [-0.05, 0) is 19.1 Å². The van der Waals surface area contributed by atoms with Crippen LogP contribution in [0.2, 0.25) is 0 Å². The van der Waals surface area contributed by atoms with Crippen LogP contribution in [0.4, 0.5) is 5.95 Å². The second-order valence-corrected chi connectivity index (χ2v) is 4.38. The van der Waals surface area contributed by atoms with E-state index in [1.54, 1.807) is 18.6 Å². The second-order valence-electron chi connectivity index (χ2n) is 4.38. The number of nitrogens with zero attached hydrogens (tertiary/aromatic N) is 5. The van der Waals surface area contributed by atoms with E-state index in [1.165, 1.54) is 0 Å². The highest BCUT2D eigenvalue weighted by Crippen LogP contribution is 2.22. The highest BCUT2D eigenvalue weighted by atomic mass is 16.5. The summed E-state index contributed by atoms with van der Waals surface area (Å²) >= 11 is 0. The summed E-state index contributed by atoms with van der Waals surface area (Å²) in [4.78, 5) is 19.2. The molecule has 1 saturated heterocycles. The molecule has 1 atom stereocenters. The van der Waals surface area contributed by atoms with E-state index in [0.29, 0.717) is 13.2 Å². The molecule has 0 saturated carbocycles. The molecule has 2 aromatic heterocycles. The van der Waals surface area contributed by atoms with E-state index in [9.17, 15) is 0 Å². The first-order valence-electron chi connectivity index (χ1n) is 6.26. The fourth-order valence-electron chi connectivity index (χ4n) is 2.12. The van der Waals surface area contributed by atoms with E-state index in [-0.39, 0.29) is 6.10 Å². The number of anilines is 1. The molecule has 0 bridgehead atoms. The van der Waals surface area contributed by atoms with Gasteiger partial charge >= 0.3 is 0 Å². The Kier molecular flexibility index (Phi) is 3.33. The normalized spacial score (nSPS) is 19.4. The first-order valence-corrected chi connectivity index (χ1v) is 6.26. The third-order valence-electron chi connectivity index (χ3n) is 3.03. The summed E-state index contributed by atoms with van der Waals surface area (Å²) in [5, 5.41) is 0. The smallest absolute Gasteiger partial charge is 0.225 e. The van der Waals surface area contributed by atoms with Crippen LogP contribution < -0.4 is 4.90 Å². The molecule has 1 fully saturated rings. The quantitative estimate of drug-likeness (QED) is 0.804. The molecule has 0 aliphatic carbocycles. The van der Waals surface area contributed by atoms with Gasteiger partial charge in [0.25, 0.3) is 0 Å². The van der Waals surface area contributed by atoms with Crippen LogP contribution in [-0.2, 0) is 4.74 Å². The topological polar surface area (TPSA) is 64.0 Å². The van der Waals surface area contributed by atoms with Crippen LogP contribution in [0.5, 0.6) is 0 Å². The number of hydrogen-bond donors (Lipinski definition) is 0. The van der Waals surface area contributed by atoms with Crippen molar-refractivity contribution in [2.45, 2.75) is 13.0 Å². The molecule has 0 unspecified atom stereocenters.